The van der Waals surface area contributed by atoms with Gasteiger partial charge in [-0.3, -0.25) is 9.48 Å². The molecule has 8 nitrogen and oxygen atoms in total. The number of thiazole rings is 1. The molecule has 2 atom stereocenters. The highest BCUT2D eigenvalue weighted by molar-refractivity contribution is 7.19. The Morgan fingerprint density at radius 2 is 2.16 bits per heavy atom. The minimum Gasteiger partial charge on any atom is -0.389 e. The van der Waals surface area contributed by atoms with E-state index in [1.54, 1.807) is 13.2 Å². The molecule has 1 aromatic carbocycles. The summed E-state index contributed by atoms with van der Waals surface area (Å²) in [6.07, 6.45) is 3.76. The van der Waals surface area contributed by atoms with Crippen molar-refractivity contribution in [3.8, 4) is 10.6 Å². The molecular formula is C20H23F3N6O2S. The van der Waals surface area contributed by atoms with Gasteiger partial charge in [0.15, 0.2) is 17.3 Å². The lowest BCUT2D eigenvalue weighted by Gasteiger charge is -2.10. The standard InChI is InChI=1S/C14H11F2N5OS.C6H12FNO/c1-21-6-7(5-18-21)19-13(22)11-12(17)23-14(20-11)8-3-2-4-9(15)10(8)16;7-5-4-9-3-1-2-6(5)8/h2-6H,17H2,1H3,(H,19,22);5-6H,1-4,8H2. The second kappa shape index (κ2) is 10.6. The quantitative estimate of drug-likeness (QED) is 0.543. The summed E-state index contributed by atoms with van der Waals surface area (Å²) in [5.41, 5.74) is 11.6. The van der Waals surface area contributed by atoms with Crippen molar-refractivity contribution in [2.75, 3.05) is 24.3 Å². The van der Waals surface area contributed by atoms with Gasteiger partial charge in [-0.05, 0) is 25.0 Å². The van der Waals surface area contributed by atoms with E-state index in [1.807, 2.05) is 0 Å². The maximum atomic E-state index is 13.8. The molecular weight excluding hydrogens is 445 g/mol. The molecule has 172 valence electrons. The molecule has 2 aromatic heterocycles. The Labute approximate surface area is 186 Å². The molecule has 0 bridgehead atoms. The van der Waals surface area contributed by atoms with Gasteiger partial charge in [-0.15, -0.1) is 0 Å². The van der Waals surface area contributed by atoms with Crippen LogP contribution in [0.15, 0.2) is 30.6 Å². The molecule has 3 heterocycles. The summed E-state index contributed by atoms with van der Waals surface area (Å²) in [6.45, 7) is 0.843. The minimum atomic E-state index is -1.03. The fourth-order valence-electron chi connectivity index (χ4n) is 2.88. The van der Waals surface area contributed by atoms with Gasteiger partial charge < -0.3 is 21.5 Å². The number of anilines is 2. The molecule has 32 heavy (non-hydrogen) atoms. The van der Waals surface area contributed by atoms with Crippen LogP contribution < -0.4 is 16.8 Å². The number of alkyl halides is 1. The van der Waals surface area contributed by atoms with Crippen molar-refractivity contribution in [1.82, 2.24) is 14.8 Å². The molecule has 4 rings (SSSR count). The maximum Gasteiger partial charge on any atom is 0.277 e. The highest BCUT2D eigenvalue weighted by Gasteiger charge is 2.21. The first-order chi connectivity index (χ1) is 15.3. The molecule has 0 spiro atoms. The van der Waals surface area contributed by atoms with Gasteiger partial charge in [0.1, 0.15) is 16.2 Å². The normalized spacial score (nSPS) is 18.4. The first-order valence-corrected chi connectivity index (χ1v) is 10.6. The van der Waals surface area contributed by atoms with Crippen molar-refractivity contribution in [3.63, 3.8) is 0 Å². The molecule has 0 saturated carbocycles. The molecule has 0 aliphatic carbocycles. The topological polar surface area (TPSA) is 121 Å². The van der Waals surface area contributed by atoms with E-state index in [0.717, 1.165) is 30.2 Å². The lowest BCUT2D eigenvalue weighted by atomic mass is 10.1. The number of halogens is 3. The lowest BCUT2D eigenvalue weighted by Crippen LogP contribution is -2.32. The number of nitrogens with two attached hydrogens (primary N) is 2. The number of carbonyl (C=O) groups is 1. The largest absolute Gasteiger partial charge is 0.389 e. The maximum absolute atomic E-state index is 13.8. The number of aromatic nitrogens is 3. The first-order valence-electron chi connectivity index (χ1n) is 9.74. The molecule has 1 saturated heterocycles. The number of aryl methyl sites for hydroxylation is 1. The zero-order chi connectivity index (χ0) is 23.3. The number of benzene rings is 1. The van der Waals surface area contributed by atoms with E-state index < -0.39 is 23.7 Å². The minimum absolute atomic E-state index is 0.0397. The van der Waals surface area contributed by atoms with Crippen LogP contribution in [0.5, 0.6) is 0 Å². The Hall–Kier alpha value is -2.96. The zero-order valence-corrected chi connectivity index (χ0v) is 18.0. The number of carbonyl (C=O) groups excluding carboxylic acids is 1. The number of nitrogen functional groups attached to an aromatic ring is 1. The Morgan fingerprint density at radius 1 is 1.38 bits per heavy atom. The van der Waals surface area contributed by atoms with E-state index in [0.29, 0.717) is 12.3 Å². The van der Waals surface area contributed by atoms with Crippen LogP contribution in [0.1, 0.15) is 23.3 Å². The summed E-state index contributed by atoms with van der Waals surface area (Å²) in [4.78, 5) is 16.2. The van der Waals surface area contributed by atoms with E-state index in [-0.39, 0.29) is 33.9 Å². The highest BCUT2D eigenvalue weighted by Crippen LogP contribution is 2.32. The molecule has 0 radical (unpaired) electrons. The summed E-state index contributed by atoms with van der Waals surface area (Å²) >= 11 is 0.913. The molecule has 12 heteroatoms. The molecule has 1 amide bonds. The SMILES string of the molecule is Cn1cc(NC(=O)c2nc(-c3cccc(F)c3F)sc2N)cn1.NC1CCCOCC1F. The highest BCUT2D eigenvalue weighted by atomic mass is 32.1. The van der Waals surface area contributed by atoms with Crippen molar-refractivity contribution in [1.29, 1.82) is 0 Å². The Kier molecular flexibility index (Phi) is 7.83. The van der Waals surface area contributed by atoms with Crippen LogP contribution in [0.4, 0.5) is 23.9 Å². The van der Waals surface area contributed by atoms with Gasteiger partial charge in [-0.1, -0.05) is 17.4 Å². The van der Waals surface area contributed by atoms with E-state index >= 15 is 0 Å². The molecule has 2 unspecified atom stereocenters. The second-order valence-corrected chi connectivity index (χ2v) is 8.12. The number of nitrogens with zero attached hydrogens (tertiary/aromatic N) is 3. The van der Waals surface area contributed by atoms with Gasteiger partial charge >= 0.3 is 0 Å². The molecule has 5 N–H and O–H groups in total. The average molecular weight is 469 g/mol. The third-order valence-electron chi connectivity index (χ3n) is 4.58. The number of hydrogen-bond donors (Lipinski definition) is 3. The monoisotopic (exact) mass is 468 g/mol. The van der Waals surface area contributed by atoms with Gasteiger partial charge in [-0.25, -0.2) is 18.2 Å². The summed E-state index contributed by atoms with van der Waals surface area (Å²) in [6, 6.07) is 3.44. The van der Waals surface area contributed by atoms with Crippen molar-refractivity contribution < 1.29 is 22.7 Å². The van der Waals surface area contributed by atoms with Gasteiger partial charge in [0.25, 0.3) is 5.91 Å². The molecule has 1 aliphatic heterocycles. The van der Waals surface area contributed by atoms with Crippen molar-refractivity contribution in [2.45, 2.75) is 25.1 Å². The van der Waals surface area contributed by atoms with E-state index in [1.165, 1.54) is 23.0 Å². The third kappa shape index (κ3) is 5.84. The van der Waals surface area contributed by atoms with Crippen LogP contribution in [0.25, 0.3) is 10.6 Å². The zero-order valence-electron chi connectivity index (χ0n) is 17.2. The summed E-state index contributed by atoms with van der Waals surface area (Å²) in [5, 5.41) is 6.76. The van der Waals surface area contributed by atoms with Gasteiger partial charge in [0, 0.05) is 31.5 Å². The summed E-state index contributed by atoms with van der Waals surface area (Å²) < 4.78 is 46.2. The van der Waals surface area contributed by atoms with Crippen molar-refractivity contribution in [2.24, 2.45) is 12.8 Å². The second-order valence-electron chi connectivity index (χ2n) is 7.09. The molecule has 1 aliphatic rings. The van der Waals surface area contributed by atoms with Crippen molar-refractivity contribution in [3.05, 3.63) is 47.9 Å². The van der Waals surface area contributed by atoms with Crippen LogP contribution in [0, 0.1) is 11.6 Å². The number of ether oxygens (including phenoxy) is 1. The van der Waals surface area contributed by atoms with Crippen molar-refractivity contribution >= 4 is 27.9 Å². The fraction of sp³-hybridized carbons (Fsp3) is 0.350. The number of amides is 1. The van der Waals surface area contributed by atoms with Crippen LogP contribution >= 0.6 is 11.3 Å². The molecule has 3 aromatic rings. The van der Waals surface area contributed by atoms with E-state index in [9.17, 15) is 18.0 Å². The van der Waals surface area contributed by atoms with Crippen LogP contribution in [0.2, 0.25) is 0 Å². The number of rotatable bonds is 3. The average Bonchev–Trinajstić information content (AvgIpc) is 3.29. The van der Waals surface area contributed by atoms with E-state index in [4.69, 9.17) is 16.2 Å². The first kappa shape index (κ1) is 23.7. The lowest BCUT2D eigenvalue weighted by molar-refractivity contribution is 0.0923. The number of nitrogens with one attached hydrogen (secondary N) is 1. The van der Waals surface area contributed by atoms with Crippen LogP contribution in [0.3, 0.4) is 0 Å². The number of hydrogen-bond acceptors (Lipinski definition) is 7. The Balaban J connectivity index is 0.000000269. The van der Waals surface area contributed by atoms with Gasteiger partial charge in [-0.2, -0.15) is 5.10 Å². The smallest absolute Gasteiger partial charge is 0.277 e. The summed E-state index contributed by atoms with van der Waals surface area (Å²) in [7, 11) is 1.71. The predicted molar refractivity (Wildman–Crippen MR) is 116 cm³/mol. The molecule has 1 fully saturated rings. The Morgan fingerprint density at radius 3 is 2.88 bits per heavy atom. The fourth-order valence-corrected chi connectivity index (χ4v) is 3.72. The van der Waals surface area contributed by atoms with Gasteiger partial charge in [0.05, 0.1) is 18.5 Å². The van der Waals surface area contributed by atoms with Gasteiger partial charge in [0.2, 0.25) is 0 Å². The van der Waals surface area contributed by atoms with Crippen LogP contribution in [-0.2, 0) is 11.8 Å². The van der Waals surface area contributed by atoms with Crippen LogP contribution in [-0.4, -0.2) is 46.1 Å². The third-order valence-corrected chi connectivity index (χ3v) is 5.50. The predicted octanol–water partition coefficient (Wildman–Crippen LogP) is 3.12. The Bertz CT molecular complexity index is 1060. The van der Waals surface area contributed by atoms with E-state index in [2.05, 4.69) is 15.4 Å². The summed E-state index contributed by atoms with van der Waals surface area (Å²) in [5.74, 6) is -2.56.